The largest absolute Gasteiger partial charge is 0.377 e. The molecule has 0 aliphatic carbocycles. The van der Waals surface area contributed by atoms with Crippen molar-refractivity contribution in [3.63, 3.8) is 0 Å². The molecule has 1 heterocycles. The van der Waals surface area contributed by atoms with Gasteiger partial charge in [0.05, 0.1) is 12.6 Å². The molecule has 0 unspecified atom stereocenters. The topological polar surface area (TPSA) is 50.4 Å². The highest BCUT2D eigenvalue weighted by atomic mass is 16.5. The molecular formula is C11H22N2O2. The van der Waals surface area contributed by atoms with Crippen molar-refractivity contribution in [1.82, 2.24) is 10.6 Å². The third-order valence-electron chi connectivity index (χ3n) is 2.70. The van der Waals surface area contributed by atoms with Crippen LogP contribution in [0.25, 0.3) is 0 Å². The Morgan fingerprint density at radius 1 is 1.60 bits per heavy atom. The first-order chi connectivity index (χ1) is 7.22. The van der Waals surface area contributed by atoms with Crippen molar-refractivity contribution in [3.05, 3.63) is 0 Å². The van der Waals surface area contributed by atoms with Gasteiger partial charge in [-0.3, -0.25) is 4.79 Å². The summed E-state index contributed by atoms with van der Waals surface area (Å²) in [4.78, 5) is 11.4. The van der Waals surface area contributed by atoms with Gasteiger partial charge in [0.1, 0.15) is 0 Å². The summed E-state index contributed by atoms with van der Waals surface area (Å²) in [5.41, 5.74) is 0. The van der Waals surface area contributed by atoms with E-state index in [0.29, 0.717) is 12.6 Å². The molecule has 1 aliphatic rings. The molecule has 1 aliphatic heterocycles. The van der Waals surface area contributed by atoms with Crippen LogP contribution in [0.15, 0.2) is 0 Å². The number of hydrogen-bond donors (Lipinski definition) is 2. The highest BCUT2D eigenvalue weighted by molar-refractivity contribution is 5.78. The lowest BCUT2D eigenvalue weighted by Crippen LogP contribution is -2.40. The highest BCUT2D eigenvalue weighted by Crippen LogP contribution is 2.10. The normalized spacial score (nSPS) is 22.7. The van der Waals surface area contributed by atoms with E-state index in [1.54, 1.807) is 0 Å². The van der Waals surface area contributed by atoms with Gasteiger partial charge in [0.2, 0.25) is 5.91 Å². The second-order valence-corrected chi connectivity index (χ2v) is 4.14. The minimum atomic E-state index is 0.0716. The van der Waals surface area contributed by atoms with Gasteiger partial charge in [-0.1, -0.05) is 6.92 Å². The minimum absolute atomic E-state index is 0.0716. The standard InChI is InChI=1S/C11H22N2O2/c1-3-9(2)13-11(14)8-12-7-10-5-4-6-15-10/h9-10,12H,3-8H2,1-2H3,(H,13,14)/t9-,10-/m1/s1. The number of ether oxygens (including phenoxy) is 1. The number of rotatable bonds is 6. The van der Waals surface area contributed by atoms with Crippen LogP contribution in [0.4, 0.5) is 0 Å². The van der Waals surface area contributed by atoms with E-state index in [0.717, 1.165) is 32.4 Å². The quantitative estimate of drug-likeness (QED) is 0.683. The summed E-state index contributed by atoms with van der Waals surface area (Å²) in [5.74, 6) is 0.0716. The molecule has 0 spiro atoms. The van der Waals surface area contributed by atoms with Crippen molar-refractivity contribution >= 4 is 5.91 Å². The average molecular weight is 214 g/mol. The van der Waals surface area contributed by atoms with Gasteiger partial charge in [-0.2, -0.15) is 0 Å². The zero-order valence-corrected chi connectivity index (χ0v) is 9.71. The Balaban J connectivity index is 2.01. The molecule has 2 N–H and O–H groups in total. The van der Waals surface area contributed by atoms with Gasteiger partial charge >= 0.3 is 0 Å². The molecule has 1 amide bonds. The second-order valence-electron chi connectivity index (χ2n) is 4.14. The Hall–Kier alpha value is -0.610. The molecule has 1 saturated heterocycles. The maximum absolute atomic E-state index is 11.4. The molecule has 88 valence electrons. The Labute approximate surface area is 91.8 Å². The lowest BCUT2D eigenvalue weighted by molar-refractivity contribution is -0.120. The molecule has 0 radical (unpaired) electrons. The number of carbonyl (C=O) groups excluding carboxylic acids is 1. The smallest absolute Gasteiger partial charge is 0.234 e. The number of nitrogens with one attached hydrogen (secondary N) is 2. The molecule has 4 heteroatoms. The van der Waals surface area contributed by atoms with E-state index in [9.17, 15) is 4.79 Å². The van der Waals surface area contributed by atoms with Crippen molar-refractivity contribution < 1.29 is 9.53 Å². The zero-order valence-electron chi connectivity index (χ0n) is 9.71. The summed E-state index contributed by atoms with van der Waals surface area (Å²) < 4.78 is 5.44. The first kappa shape index (κ1) is 12.5. The fraction of sp³-hybridized carbons (Fsp3) is 0.909. The van der Waals surface area contributed by atoms with E-state index < -0.39 is 0 Å². The summed E-state index contributed by atoms with van der Waals surface area (Å²) in [6.45, 7) is 6.12. The SMILES string of the molecule is CC[C@@H](C)NC(=O)CNC[C@H]1CCCO1. The van der Waals surface area contributed by atoms with Crippen molar-refractivity contribution in [2.45, 2.75) is 45.3 Å². The van der Waals surface area contributed by atoms with E-state index in [-0.39, 0.29) is 11.9 Å². The molecule has 15 heavy (non-hydrogen) atoms. The van der Waals surface area contributed by atoms with Crippen LogP contribution in [-0.4, -0.2) is 37.7 Å². The third-order valence-corrected chi connectivity index (χ3v) is 2.70. The molecule has 2 atom stereocenters. The maximum atomic E-state index is 11.4. The monoisotopic (exact) mass is 214 g/mol. The van der Waals surface area contributed by atoms with Crippen molar-refractivity contribution in [3.8, 4) is 0 Å². The predicted molar refractivity (Wildman–Crippen MR) is 59.7 cm³/mol. The summed E-state index contributed by atoms with van der Waals surface area (Å²) in [5, 5.41) is 6.03. The number of carbonyl (C=O) groups is 1. The van der Waals surface area contributed by atoms with Crippen LogP contribution in [0.3, 0.4) is 0 Å². The van der Waals surface area contributed by atoms with Gasteiger partial charge in [0.25, 0.3) is 0 Å². The number of hydrogen-bond acceptors (Lipinski definition) is 3. The molecule has 4 nitrogen and oxygen atoms in total. The molecule has 0 bridgehead atoms. The minimum Gasteiger partial charge on any atom is -0.377 e. The van der Waals surface area contributed by atoms with Crippen molar-refractivity contribution in [2.24, 2.45) is 0 Å². The van der Waals surface area contributed by atoms with Crippen LogP contribution < -0.4 is 10.6 Å². The summed E-state index contributed by atoms with van der Waals surface area (Å²) in [7, 11) is 0. The number of amides is 1. The van der Waals surface area contributed by atoms with Crippen LogP contribution in [0.2, 0.25) is 0 Å². The van der Waals surface area contributed by atoms with E-state index in [2.05, 4.69) is 17.6 Å². The Morgan fingerprint density at radius 2 is 2.40 bits per heavy atom. The van der Waals surface area contributed by atoms with Crippen LogP contribution >= 0.6 is 0 Å². The molecule has 1 rings (SSSR count). The van der Waals surface area contributed by atoms with Crippen LogP contribution in [0.5, 0.6) is 0 Å². The molecular weight excluding hydrogens is 192 g/mol. The fourth-order valence-corrected chi connectivity index (χ4v) is 1.58. The van der Waals surface area contributed by atoms with E-state index in [4.69, 9.17) is 4.74 Å². The summed E-state index contributed by atoms with van der Waals surface area (Å²) in [6.07, 6.45) is 3.53. The van der Waals surface area contributed by atoms with Gasteiger partial charge in [0.15, 0.2) is 0 Å². The second kappa shape index (κ2) is 6.80. The molecule has 1 fully saturated rings. The van der Waals surface area contributed by atoms with Gasteiger partial charge < -0.3 is 15.4 Å². The van der Waals surface area contributed by atoms with Gasteiger partial charge in [-0.15, -0.1) is 0 Å². The summed E-state index contributed by atoms with van der Waals surface area (Å²) in [6, 6.07) is 0.266. The highest BCUT2D eigenvalue weighted by Gasteiger charge is 2.15. The van der Waals surface area contributed by atoms with Crippen molar-refractivity contribution in [1.29, 1.82) is 0 Å². The first-order valence-electron chi connectivity index (χ1n) is 5.84. The Bertz CT molecular complexity index is 191. The van der Waals surface area contributed by atoms with Gasteiger partial charge in [-0.25, -0.2) is 0 Å². The average Bonchev–Trinajstić information content (AvgIpc) is 2.70. The maximum Gasteiger partial charge on any atom is 0.234 e. The molecule has 0 aromatic carbocycles. The Morgan fingerprint density at radius 3 is 3.00 bits per heavy atom. The van der Waals surface area contributed by atoms with E-state index in [1.165, 1.54) is 0 Å². The summed E-state index contributed by atoms with van der Waals surface area (Å²) >= 11 is 0. The lowest BCUT2D eigenvalue weighted by atomic mass is 10.2. The van der Waals surface area contributed by atoms with Crippen LogP contribution in [0, 0.1) is 0 Å². The first-order valence-corrected chi connectivity index (χ1v) is 5.84. The van der Waals surface area contributed by atoms with Crippen LogP contribution in [0.1, 0.15) is 33.1 Å². The van der Waals surface area contributed by atoms with Crippen LogP contribution in [-0.2, 0) is 9.53 Å². The van der Waals surface area contributed by atoms with Gasteiger partial charge in [-0.05, 0) is 26.2 Å². The molecule has 0 aromatic heterocycles. The zero-order chi connectivity index (χ0) is 11.1. The van der Waals surface area contributed by atoms with Crippen molar-refractivity contribution in [2.75, 3.05) is 19.7 Å². The third kappa shape index (κ3) is 5.14. The molecule has 0 saturated carbocycles. The predicted octanol–water partition coefficient (Wildman–Crippen LogP) is 0.670. The lowest BCUT2D eigenvalue weighted by Gasteiger charge is -2.13. The van der Waals surface area contributed by atoms with Gasteiger partial charge in [0, 0.05) is 19.2 Å². The Kier molecular flexibility index (Phi) is 5.65. The van der Waals surface area contributed by atoms with E-state index >= 15 is 0 Å². The fourth-order valence-electron chi connectivity index (χ4n) is 1.58. The molecule has 0 aromatic rings. The van der Waals surface area contributed by atoms with E-state index in [1.807, 2.05) is 6.92 Å².